The molecule has 182 valence electrons. The van der Waals surface area contributed by atoms with E-state index in [1.54, 1.807) is 48.5 Å². The number of benzene rings is 3. The molecule has 3 aromatic carbocycles. The number of carbonyl (C=O) groups excluding carboxylic acids is 4. The summed E-state index contributed by atoms with van der Waals surface area (Å²) < 4.78 is 24.1. The Labute approximate surface area is 205 Å². The van der Waals surface area contributed by atoms with Crippen LogP contribution in [0.2, 0.25) is 0 Å². The highest BCUT2D eigenvalue weighted by Gasteiger charge is 2.37. The van der Waals surface area contributed by atoms with Gasteiger partial charge in [-0.1, -0.05) is 30.3 Å². The Bertz CT molecular complexity index is 1370. The van der Waals surface area contributed by atoms with E-state index in [0.717, 1.165) is 17.0 Å². The van der Waals surface area contributed by atoms with E-state index in [-0.39, 0.29) is 23.6 Å². The summed E-state index contributed by atoms with van der Waals surface area (Å²) in [7, 11) is 1.48. The second kappa shape index (κ2) is 10.5. The number of urea groups is 1. The van der Waals surface area contributed by atoms with Crippen LogP contribution in [0.1, 0.15) is 5.56 Å². The lowest BCUT2D eigenvalue weighted by atomic mass is 10.1. The fourth-order valence-electron chi connectivity index (χ4n) is 3.45. The van der Waals surface area contributed by atoms with E-state index in [2.05, 4.69) is 10.6 Å². The van der Waals surface area contributed by atoms with Crippen LogP contribution in [-0.4, -0.2) is 37.5 Å². The van der Waals surface area contributed by atoms with E-state index in [1.165, 1.54) is 25.3 Å². The van der Waals surface area contributed by atoms with Crippen molar-refractivity contribution in [1.82, 2.24) is 5.32 Å². The van der Waals surface area contributed by atoms with Gasteiger partial charge >= 0.3 is 6.03 Å². The number of hydrogen-bond donors (Lipinski definition) is 2. The van der Waals surface area contributed by atoms with Crippen molar-refractivity contribution in [2.45, 2.75) is 0 Å². The second-order valence-electron chi connectivity index (χ2n) is 7.51. The minimum atomic E-state index is -0.952. The molecule has 3 aromatic rings. The molecule has 4 rings (SSSR count). The molecule has 1 aliphatic heterocycles. The van der Waals surface area contributed by atoms with Gasteiger partial charge in [0.05, 0.1) is 18.5 Å². The molecule has 1 saturated heterocycles. The predicted octanol–water partition coefficient (Wildman–Crippen LogP) is 3.52. The van der Waals surface area contributed by atoms with Crippen LogP contribution in [0.5, 0.6) is 11.5 Å². The Morgan fingerprint density at radius 3 is 2.36 bits per heavy atom. The van der Waals surface area contributed by atoms with Crippen LogP contribution < -0.4 is 25.0 Å². The molecule has 1 heterocycles. The number of carbonyl (C=O) groups is 4. The summed E-state index contributed by atoms with van der Waals surface area (Å²) in [6, 6.07) is 17.1. The summed E-state index contributed by atoms with van der Waals surface area (Å²) in [6.45, 7) is -0.363. The smallest absolute Gasteiger partial charge is 0.335 e. The van der Waals surface area contributed by atoms with Gasteiger partial charge in [0.2, 0.25) is 0 Å². The zero-order chi connectivity index (χ0) is 25.7. The van der Waals surface area contributed by atoms with E-state index in [9.17, 15) is 23.6 Å². The van der Waals surface area contributed by atoms with Crippen LogP contribution in [0.15, 0.2) is 78.4 Å². The zero-order valence-corrected chi connectivity index (χ0v) is 19.0. The number of nitrogens with one attached hydrogen (secondary N) is 2. The number of ether oxygens (including phenoxy) is 2. The van der Waals surface area contributed by atoms with Gasteiger partial charge < -0.3 is 14.8 Å². The summed E-state index contributed by atoms with van der Waals surface area (Å²) in [5.74, 6) is -2.08. The van der Waals surface area contributed by atoms with Crippen molar-refractivity contribution in [2.24, 2.45) is 0 Å². The predicted molar refractivity (Wildman–Crippen MR) is 129 cm³/mol. The molecule has 0 radical (unpaired) electrons. The van der Waals surface area contributed by atoms with Gasteiger partial charge in [0, 0.05) is 5.56 Å². The van der Waals surface area contributed by atoms with Gasteiger partial charge in [-0.3, -0.25) is 19.7 Å². The number of nitrogens with zero attached hydrogens (tertiary/aromatic N) is 1. The molecule has 0 aromatic heterocycles. The van der Waals surface area contributed by atoms with E-state index < -0.39 is 29.6 Å². The fourth-order valence-corrected chi connectivity index (χ4v) is 3.45. The van der Waals surface area contributed by atoms with E-state index in [1.807, 2.05) is 0 Å². The van der Waals surface area contributed by atoms with Gasteiger partial charge in [-0.15, -0.1) is 0 Å². The standard InChI is InChI=1S/C26H20FN3O6/c1-35-22-9-5-3-7-20(22)28-23(31)15-36-21-8-4-2-6-16(21)14-19-24(32)29-26(34)30(25(19)33)18-12-10-17(27)11-13-18/h2-14H,15H2,1H3,(H,28,31)(H,29,32,34)/b19-14+. The number of amides is 5. The molecule has 0 unspecified atom stereocenters. The number of barbiturate groups is 1. The summed E-state index contributed by atoms with van der Waals surface area (Å²) in [4.78, 5) is 51.0. The first kappa shape index (κ1) is 24.1. The lowest BCUT2D eigenvalue weighted by Crippen LogP contribution is -2.54. The average molecular weight is 489 g/mol. The average Bonchev–Trinajstić information content (AvgIpc) is 2.87. The molecular weight excluding hydrogens is 469 g/mol. The Kier molecular flexibility index (Phi) is 7.05. The van der Waals surface area contributed by atoms with Crippen LogP contribution >= 0.6 is 0 Å². The zero-order valence-electron chi connectivity index (χ0n) is 19.0. The topological polar surface area (TPSA) is 114 Å². The molecule has 5 amide bonds. The van der Waals surface area contributed by atoms with Crippen molar-refractivity contribution < 1.29 is 33.0 Å². The fraction of sp³-hybridized carbons (Fsp3) is 0.0769. The van der Waals surface area contributed by atoms with Crippen LogP contribution in [0.4, 0.5) is 20.6 Å². The maximum absolute atomic E-state index is 13.3. The highest BCUT2D eigenvalue weighted by atomic mass is 19.1. The number of para-hydroxylation sites is 3. The van der Waals surface area contributed by atoms with E-state index in [4.69, 9.17) is 9.47 Å². The van der Waals surface area contributed by atoms with Crippen molar-refractivity contribution in [1.29, 1.82) is 0 Å². The minimum Gasteiger partial charge on any atom is -0.495 e. The van der Waals surface area contributed by atoms with Crippen LogP contribution in [0.3, 0.4) is 0 Å². The number of halogens is 1. The summed E-state index contributed by atoms with van der Waals surface area (Å²) in [6.07, 6.45) is 1.26. The SMILES string of the molecule is COc1ccccc1NC(=O)COc1ccccc1/C=C1\C(=O)NC(=O)N(c2ccc(F)cc2)C1=O. The molecular formula is C26H20FN3O6. The van der Waals surface area contributed by atoms with Gasteiger partial charge in [-0.2, -0.15) is 0 Å². The van der Waals surface area contributed by atoms with Crippen LogP contribution in [0.25, 0.3) is 6.08 Å². The van der Waals surface area contributed by atoms with E-state index in [0.29, 0.717) is 17.0 Å². The van der Waals surface area contributed by atoms with Gasteiger partial charge in [0.25, 0.3) is 17.7 Å². The number of rotatable bonds is 7. The normalized spacial score (nSPS) is 14.4. The molecule has 2 N–H and O–H groups in total. The summed E-state index contributed by atoms with van der Waals surface area (Å²) >= 11 is 0. The van der Waals surface area contributed by atoms with Gasteiger partial charge in [-0.25, -0.2) is 14.1 Å². The number of methoxy groups -OCH3 is 1. The van der Waals surface area contributed by atoms with Crippen LogP contribution in [-0.2, 0) is 14.4 Å². The van der Waals surface area contributed by atoms with Gasteiger partial charge in [0.1, 0.15) is 22.9 Å². The van der Waals surface area contributed by atoms with Crippen LogP contribution in [0, 0.1) is 5.82 Å². The monoisotopic (exact) mass is 489 g/mol. The third kappa shape index (κ3) is 5.22. The molecule has 0 saturated carbocycles. The van der Waals surface area contributed by atoms with Crippen molar-refractivity contribution in [3.63, 3.8) is 0 Å². The van der Waals surface area contributed by atoms with Crippen molar-refractivity contribution in [3.8, 4) is 11.5 Å². The summed E-state index contributed by atoms with van der Waals surface area (Å²) in [5.41, 5.74) is 0.553. The lowest BCUT2D eigenvalue weighted by molar-refractivity contribution is -0.122. The maximum Gasteiger partial charge on any atom is 0.335 e. The number of anilines is 2. The molecule has 1 aliphatic rings. The molecule has 0 atom stereocenters. The highest BCUT2D eigenvalue weighted by Crippen LogP contribution is 2.26. The number of hydrogen-bond acceptors (Lipinski definition) is 6. The largest absolute Gasteiger partial charge is 0.495 e. The number of imide groups is 2. The molecule has 0 aliphatic carbocycles. The highest BCUT2D eigenvalue weighted by molar-refractivity contribution is 6.39. The molecule has 36 heavy (non-hydrogen) atoms. The van der Waals surface area contributed by atoms with E-state index >= 15 is 0 Å². The Morgan fingerprint density at radius 2 is 1.64 bits per heavy atom. The van der Waals surface area contributed by atoms with Crippen molar-refractivity contribution >= 4 is 41.2 Å². The Hall–Kier alpha value is -4.99. The Balaban J connectivity index is 1.54. The van der Waals surface area contributed by atoms with Crippen molar-refractivity contribution in [2.75, 3.05) is 23.9 Å². The Morgan fingerprint density at radius 1 is 0.972 bits per heavy atom. The second-order valence-corrected chi connectivity index (χ2v) is 7.51. The molecule has 9 nitrogen and oxygen atoms in total. The quantitative estimate of drug-likeness (QED) is 0.388. The van der Waals surface area contributed by atoms with Gasteiger partial charge in [-0.05, 0) is 48.5 Å². The van der Waals surface area contributed by atoms with Gasteiger partial charge in [0.15, 0.2) is 6.61 Å². The van der Waals surface area contributed by atoms with Crippen molar-refractivity contribution in [3.05, 3.63) is 89.8 Å². The first-order valence-electron chi connectivity index (χ1n) is 10.7. The lowest BCUT2D eigenvalue weighted by Gasteiger charge is -2.26. The first-order valence-corrected chi connectivity index (χ1v) is 10.7. The minimum absolute atomic E-state index is 0.0925. The third-order valence-corrected chi connectivity index (χ3v) is 5.15. The first-order chi connectivity index (χ1) is 17.4. The molecule has 0 bridgehead atoms. The third-order valence-electron chi connectivity index (χ3n) is 5.15. The molecule has 1 fully saturated rings. The molecule has 10 heteroatoms. The maximum atomic E-state index is 13.3. The summed E-state index contributed by atoms with van der Waals surface area (Å²) in [5, 5.41) is 4.79. The molecule has 0 spiro atoms.